The molecule has 0 fully saturated rings. The van der Waals surface area contributed by atoms with Crippen LogP contribution in [0.25, 0.3) is 10.9 Å². The Morgan fingerprint density at radius 2 is 1.87 bits per heavy atom. The fourth-order valence-corrected chi connectivity index (χ4v) is 3.41. The summed E-state index contributed by atoms with van der Waals surface area (Å²) < 4.78 is 16.4. The number of hydrogen-bond acceptors (Lipinski definition) is 7. The van der Waals surface area contributed by atoms with Gasteiger partial charge < -0.3 is 19.1 Å². The topological polar surface area (TPSA) is 73.8 Å². The lowest BCUT2D eigenvalue weighted by Crippen LogP contribution is -2.18. The number of fused-ring (bicyclic) bond motifs is 1. The molecule has 2 aromatic carbocycles. The van der Waals surface area contributed by atoms with Crippen molar-refractivity contribution in [1.29, 1.82) is 0 Å². The highest BCUT2D eigenvalue weighted by Crippen LogP contribution is 2.36. The van der Waals surface area contributed by atoms with Crippen molar-refractivity contribution in [2.75, 3.05) is 31.8 Å². The number of para-hydroxylation sites is 1. The third kappa shape index (κ3) is 5.42. The molecule has 3 rings (SSSR count). The standard InChI is InChI=1S/C24H29N3O4/c1-5-27(24-19-10-7-8-11-20(19)25-17(3)26-24)18-13-14-21(29-4)22(16-18)31-15-9-12-23(28)30-6-2/h7-8,10-11,13-14,16H,5-6,9,12,15H2,1-4H3. The average molecular weight is 424 g/mol. The van der Waals surface area contributed by atoms with E-state index in [1.165, 1.54) is 0 Å². The van der Waals surface area contributed by atoms with Crippen LogP contribution in [-0.4, -0.2) is 42.8 Å². The zero-order valence-electron chi connectivity index (χ0n) is 18.6. The molecule has 0 aliphatic carbocycles. The number of methoxy groups -OCH3 is 1. The van der Waals surface area contributed by atoms with E-state index < -0.39 is 0 Å². The first-order valence-electron chi connectivity index (χ1n) is 10.5. The summed E-state index contributed by atoms with van der Waals surface area (Å²) in [5, 5.41) is 0.989. The van der Waals surface area contributed by atoms with Gasteiger partial charge in [-0.25, -0.2) is 9.97 Å². The minimum Gasteiger partial charge on any atom is -0.493 e. The molecule has 0 aliphatic rings. The quantitative estimate of drug-likeness (QED) is 0.342. The number of ether oxygens (including phenoxy) is 3. The van der Waals surface area contributed by atoms with E-state index in [-0.39, 0.29) is 5.97 Å². The SMILES string of the molecule is CCOC(=O)CCCOc1cc(N(CC)c2nc(C)nc3ccccc23)ccc1OC. The van der Waals surface area contributed by atoms with Gasteiger partial charge in [-0.05, 0) is 51.5 Å². The molecule has 0 N–H and O–H groups in total. The van der Waals surface area contributed by atoms with Crippen molar-refractivity contribution in [2.45, 2.75) is 33.6 Å². The van der Waals surface area contributed by atoms with Crippen LogP contribution in [0.1, 0.15) is 32.5 Å². The summed E-state index contributed by atoms with van der Waals surface area (Å²) >= 11 is 0. The molecule has 0 saturated carbocycles. The Labute approximate surface area is 183 Å². The van der Waals surface area contributed by atoms with Crippen LogP contribution in [0.15, 0.2) is 42.5 Å². The van der Waals surface area contributed by atoms with E-state index in [1.54, 1.807) is 14.0 Å². The zero-order valence-corrected chi connectivity index (χ0v) is 18.6. The number of anilines is 2. The summed E-state index contributed by atoms with van der Waals surface area (Å²) in [6.45, 7) is 7.27. The number of carbonyl (C=O) groups is 1. The third-order valence-corrected chi connectivity index (χ3v) is 4.81. The molecule has 0 radical (unpaired) electrons. The van der Waals surface area contributed by atoms with E-state index in [0.717, 1.165) is 34.8 Å². The molecule has 0 amide bonds. The smallest absolute Gasteiger partial charge is 0.305 e. The average Bonchev–Trinajstić information content (AvgIpc) is 2.77. The first-order valence-corrected chi connectivity index (χ1v) is 10.5. The number of rotatable bonds is 10. The number of benzene rings is 2. The lowest BCUT2D eigenvalue weighted by Gasteiger charge is -2.25. The van der Waals surface area contributed by atoms with Gasteiger partial charge in [-0.15, -0.1) is 0 Å². The zero-order chi connectivity index (χ0) is 22.2. The number of nitrogens with zero attached hydrogens (tertiary/aromatic N) is 3. The number of aryl methyl sites for hydroxylation is 1. The molecule has 0 aliphatic heterocycles. The number of esters is 1. The van der Waals surface area contributed by atoms with Gasteiger partial charge in [0.05, 0.1) is 25.8 Å². The maximum atomic E-state index is 11.5. The Balaban J connectivity index is 1.86. The summed E-state index contributed by atoms with van der Waals surface area (Å²) in [6.07, 6.45) is 0.891. The lowest BCUT2D eigenvalue weighted by molar-refractivity contribution is -0.143. The number of carbonyl (C=O) groups excluding carboxylic acids is 1. The van der Waals surface area contributed by atoms with Gasteiger partial charge in [0.25, 0.3) is 0 Å². The van der Waals surface area contributed by atoms with Gasteiger partial charge in [-0.3, -0.25) is 4.79 Å². The van der Waals surface area contributed by atoms with E-state index in [9.17, 15) is 4.79 Å². The van der Waals surface area contributed by atoms with Crippen LogP contribution in [0.3, 0.4) is 0 Å². The molecule has 7 heteroatoms. The van der Waals surface area contributed by atoms with Crippen LogP contribution in [-0.2, 0) is 9.53 Å². The molecule has 0 saturated heterocycles. The lowest BCUT2D eigenvalue weighted by atomic mass is 10.2. The van der Waals surface area contributed by atoms with Gasteiger partial charge in [0.2, 0.25) is 0 Å². The van der Waals surface area contributed by atoms with Crippen molar-refractivity contribution in [2.24, 2.45) is 0 Å². The maximum absolute atomic E-state index is 11.5. The van der Waals surface area contributed by atoms with Gasteiger partial charge in [0.15, 0.2) is 11.5 Å². The van der Waals surface area contributed by atoms with Crippen molar-refractivity contribution >= 4 is 28.4 Å². The van der Waals surface area contributed by atoms with Gasteiger partial charge in [0.1, 0.15) is 11.6 Å². The first kappa shape index (κ1) is 22.3. The highest BCUT2D eigenvalue weighted by molar-refractivity contribution is 5.91. The fourth-order valence-electron chi connectivity index (χ4n) is 3.41. The van der Waals surface area contributed by atoms with E-state index in [0.29, 0.717) is 37.6 Å². The van der Waals surface area contributed by atoms with Crippen LogP contribution in [0.5, 0.6) is 11.5 Å². The maximum Gasteiger partial charge on any atom is 0.305 e. The predicted molar refractivity (Wildman–Crippen MR) is 121 cm³/mol. The molecule has 1 aromatic heterocycles. The van der Waals surface area contributed by atoms with E-state index >= 15 is 0 Å². The van der Waals surface area contributed by atoms with Crippen molar-refractivity contribution in [3.8, 4) is 11.5 Å². The highest BCUT2D eigenvalue weighted by Gasteiger charge is 2.16. The molecule has 1 heterocycles. The van der Waals surface area contributed by atoms with Gasteiger partial charge in [0, 0.05) is 30.1 Å². The van der Waals surface area contributed by atoms with Crippen LogP contribution in [0.2, 0.25) is 0 Å². The van der Waals surface area contributed by atoms with Crippen molar-refractivity contribution in [1.82, 2.24) is 9.97 Å². The Bertz CT molecular complexity index is 1040. The van der Waals surface area contributed by atoms with Crippen LogP contribution in [0.4, 0.5) is 11.5 Å². The van der Waals surface area contributed by atoms with E-state index in [1.807, 2.05) is 49.4 Å². The van der Waals surface area contributed by atoms with Crippen LogP contribution >= 0.6 is 0 Å². The Morgan fingerprint density at radius 3 is 2.61 bits per heavy atom. The molecule has 0 atom stereocenters. The number of hydrogen-bond donors (Lipinski definition) is 0. The number of aromatic nitrogens is 2. The van der Waals surface area contributed by atoms with E-state index in [2.05, 4.69) is 16.8 Å². The molecular formula is C24H29N3O4. The second kappa shape index (κ2) is 10.6. The third-order valence-electron chi connectivity index (χ3n) is 4.81. The molecular weight excluding hydrogens is 394 g/mol. The second-order valence-corrected chi connectivity index (χ2v) is 6.95. The van der Waals surface area contributed by atoms with Gasteiger partial charge in [-0.1, -0.05) is 12.1 Å². The van der Waals surface area contributed by atoms with Crippen LogP contribution < -0.4 is 14.4 Å². The van der Waals surface area contributed by atoms with Gasteiger partial charge >= 0.3 is 5.97 Å². The molecule has 0 unspecified atom stereocenters. The minimum atomic E-state index is -0.213. The first-order chi connectivity index (χ1) is 15.1. The summed E-state index contributed by atoms with van der Waals surface area (Å²) in [4.78, 5) is 22.9. The molecule has 7 nitrogen and oxygen atoms in total. The Hall–Kier alpha value is -3.35. The molecule has 31 heavy (non-hydrogen) atoms. The van der Waals surface area contributed by atoms with Crippen molar-refractivity contribution < 1.29 is 19.0 Å². The highest BCUT2D eigenvalue weighted by atomic mass is 16.5. The largest absolute Gasteiger partial charge is 0.493 e. The van der Waals surface area contributed by atoms with Crippen molar-refractivity contribution in [3.05, 3.63) is 48.3 Å². The van der Waals surface area contributed by atoms with Crippen LogP contribution in [0, 0.1) is 6.92 Å². The van der Waals surface area contributed by atoms with Gasteiger partial charge in [-0.2, -0.15) is 0 Å². The predicted octanol–water partition coefficient (Wildman–Crippen LogP) is 4.83. The summed E-state index contributed by atoms with van der Waals surface area (Å²) in [6, 6.07) is 13.8. The Morgan fingerprint density at radius 1 is 1.06 bits per heavy atom. The van der Waals surface area contributed by atoms with Crippen molar-refractivity contribution in [3.63, 3.8) is 0 Å². The molecule has 164 valence electrons. The summed E-state index contributed by atoms with van der Waals surface area (Å²) in [7, 11) is 1.61. The molecule has 3 aromatic rings. The molecule has 0 bridgehead atoms. The molecule has 0 spiro atoms. The minimum absolute atomic E-state index is 0.213. The normalized spacial score (nSPS) is 10.7. The summed E-state index contributed by atoms with van der Waals surface area (Å²) in [5.74, 6) is 2.62. The second-order valence-electron chi connectivity index (χ2n) is 6.95. The van der Waals surface area contributed by atoms with E-state index in [4.69, 9.17) is 19.2 Å². The summed E-state index contributed by atoms with van der Waals surface area (Å²) in [5.41, 5.74) is 1.85. The Kier molecular flexibility index (Phi) is 7.65. The monoisotopic (exact) mass is 423 g/mol. The fraction of sp³-hybridized carbons (Fsp3) is 0.375.